The molecule has 3 aromatic carbocycles. The van der Waals surface area contributed by atoms with Crippen molar-refractivity contribution in [3.63, 3.8) is 0 Å². The predicted octanol–water partition coefficient (Wildman–Crippen LogP) is 6.12. The molecule has 4 heterocycles. The molecule has 0 saturated carbocycles. The molecule has 0 radical (unpaired) electrons. The molecule has 1 saturated heterocycles. The van der Waals surface area contributed by atoms with Gasteiger partial charge in [0.25, 0.3) is 0 Å². The number of carboxylic acid groups (broad SMARTS) is 1. The van der Waals surface area contributed by atoms with Gasteiger partial charge < -0.3 is 23.9 Å². The standard InChI is InChI=1S/C32H29ClFN3O5/c33-21-5-6-24(25(34)15-21)29-18-41-28-3-1-2-23(31(28)42-29)19-8-11-36(12-9-19)17-30-35-26-7-4-20(32(38)39)14-27(26)37(30)16-22-10-13-40-22/h1-8,14-15,22,29H,9-13,16-18H2,(H,38,39)/t22-,29?/m0/s1. The monoisotopic (exact) mass is 589 g/mol. The Morgan fingerprint density at radius 3 is 2.79 bits per heavy atom. The maximum absolute atomic E-state index is 14.7. The number of ether oxygens (including phenoxy) is 3. The molecule has 0 aliphatic carbocycles. The molecule has 4 aromatic rings. The van der Waals surface area contributed by atoms with Crippen LogP contribution in [0.1, 0.15) is 46.3 Å². The molecule has 0 spiro atoms. The van der Waals surface area contributed by atoms with Crippen molar-refractivity contribution < 1.29 is 28.5 Å². The summed E-state index contributed by atoms with van der Waals surface area (Å²) in [4.78, 5) is 18.8. The van der Waals surface area contributed by atoms with E-state index in [1.54, 1.807) is 30.3 Å². The van der Waals surface area contributed by atoms with Gasteiger partial charge in [-0.05, 0) is 54.8 Å². The first-order valence-electron chi connectivity index (χ1n) is 14.1. The fraction of sp³-hybridized carbons (Fsp3) is 0.312. The highest BCUT2D eigenvalue weighted by Gasteiger charge is 2.29. The molecular weight excluding hydrogens is 561 g/mol. The summed E-state index contributed by atoms with van der Waals surface area (Å²) in [6.07, 6.45) is 3.49. The van der Waals surface area contributed by atoms with Gasteiger partial charge in [0.1, 0.15) is 18.2 Å². The average Bonchev–Trinajstić information content (AvgIpc) is 3.30. The van der Waals surface area contributed by atoms with Crippen LogP contribution in [0.2, 0.25) is 5.02 Å². The SMILES string of the molecule is O=C(O)c1ccc2nc(CN3CC=C(c4cccc5c4OC(c4ccc(Cl)cc4F)CO5)CC3)n(C[C@@H]3CCO3)c2c1. The lowest BCUT2D eigenvalue weighted by Crippen LogP contribution is -2.33. The number of carbonyl (C=O) groups is 1. The van der Waals surface area contributed by atoms with Crippen LogP contribution >= 0.6 is 11.6 Å². The second-order valence-corrected chi connectivity index (χ2v) is 11.3. The van der Waals surface area contributed by atoms with E-state index >= 15 is 0 Å². The van der Waals surface area contributed by atoms with E-state index in [-0.39, 0.29) is 18.3 Å². The first kappa shape index (κ1) is 26.9. The molecule has 1 unspecified atom stereocenters. The van der Waals surface area contributed by atoms with E-state index in [0.717, 1.165) is 54.0 Å². The third-order valence-electron chi connectivity index (χ3n) is 8.20. The normalized spacial score (nSPS) is 20.3. The van der Waals surface area contributed by atoms with Crippen molar-refractivity contribution in [1.82, 2.24) is 14.5 Å². The highest BCUT2D eigenvalue weighted by Crippen LogP contribution is 2.43. The van der Waals surface area contributed by atoms with E-state index in [1.165, 1.54) is 6.07 Å². The molecule has 3 aliphatic rings. The fourth-order valence-corrected chi connectivity index (χ4v) is 5.98. The van der Waals surface area contributed by atoms with Crippen molar-refractivity contribution >= 4 is 34.2 Å². The number of benzene rings is 3. The van der Waals surface area contributed by atoms with Crippen LogP contribution < -0.4 is 9.47 Å². The first-order chi connectivity index (χ1) is 20.4. The minimum absolute atomic E-state index is 0.110. The first-order valence-corrected chi connectivity index (χ1v) is 14.4. The summed E-state index contributed by atoms with van der Waals surface area (Å²) >= 11 is 5.95. The van der Waals surface area contributed by atoms with E-state index < -0.39 is 17.9 Å². The number of halogens is 2. The molecule has 7 rings (SSSR count). The van der Waals surface area contributed by atoms with Crippen LogP contribution in [-0.4, -0.2) is 57.9 Å². The van der Waals surface area contributed by atoms with Crippen LogP contribution in [0.15, 0.2) is 60.7 Å². The van der Waals surface area contributed by atoms with Crippen LogP contribution in [0.4, 0.5) is 4.39 Å². The third-order valence-corrected chi connectivity index (χ3v) is 8.43. The van der Waals surface area contributed by atoms with Crippen molar-refractivity contribution in [3.8, 4) is 11.5 Å². The van der Waals surface area contributed by atoms with Gasteiger partial charge in [0, 0.05) is 35.8 Å². The molecule has 0 amide bonds. The van der Waals surface area contributed by atoms with Gasteiger partial charge in [-0.15, -0.1) is 0 Å². The number of hydrogen-bond donors (Lipinski definition) is 1. The number of aromatic nitrogens is 2. The van der Waals surface area contributed by atoms with Gasteiger partial charge in [-0.25, -0.2) is 14.2 Å². The lowest BCUT2D eigenvalue weighted by molar-refractivity contribution is -0.0591. The van der Waals surface area contributed by atoms with E-state index in [1.807, 2.05) is 18.2 Å². The van der Waals surface area contributed by atoms with E-state index in [2.05, 4.69) is 15.5 Å². The molecule has 2 atom stereocenters. The van der Waals surface area contributed by atoms with E-state index in [9.17, 15) is 14.3 Å². The molecule has 216 valence electrons. The average molecular weight is 590 g/mol. The summed E-state index contributed by atoms with van der Waals surface area (Å²) in [6, 6.07) is 15.5. The Morgan fingerprint density at radius 1 is 1.17 bits per heavy atom. The Morgan fingerprint density at radius 2 is 2.05 bits per heavy atom. The van der Waals surface area contributed by atoms with Crippen molar-refractivity contribution in [3.05, 3.63) is 94.0 Å². The number of rotatable bonds is 7. The summed E-state index contributed by atoms with van der Waals surface area (Å²) in [6.45, 7) is 3.74. The Kier molecular flexibility index (Phi) is 7.09. The van der Waals surface area contributed by atoms with Crippen LogP contribution in [0.5, 0.6) is 11.5 Å². The number of carboxylic acids is 1. The zero-order chi connectivity index (χ0) is 28.8. The highest BCUT2D eigenvalue weighted by molar-refractivity contribution is 6.30. The number of aromatic carboxylic acids is 1. The van der Waals surface area contributed by atoms with Crippen LogP contribution in [0.25, 0.3) is 16.6 Å². The maximum atomic E-state index is 14.7. The number of nitrogens with zero attached hydrogens (tertiary/aromatic N) is 3. The third kappa shape index (κ3) is 5.12. The molecule has 42 heavy (non-hydrogen) atoms. The Balaban J connectivity index is 1.12. The van der Waals surface area contributed by atoms with Gasteiger partial charge in [0.15, 0.2) is 17.6 Å². The van der Waals surface area contributed by atoms with Gasteiger partial charge in [-0.2, -0.15) is 0 Å². The number of imidazole rings is 1. The molecule has 0 bridgehead atoms. The molecule has 3 aliphatic heterocycles. The lowest BCUT2D eigenvalue weighted by Gasteiger charge is -2.31. The van der Waals surface area contributed by atoms with Crippen molar-refractivity contribution in [1.29, 1.82) is 0 Å². The smallest absolute Gasteiger partial charge is 0.335 e. The minimum Gasteiger partial charge on any atom is -0.485 e. The quantitative estimate of drug-likeness (QED) is 0.278. The van der Waals surface area contributed by atoms with Crippen molar-refractivity contribution in [2.75, 3.05) is 26.3 Å². The molecular formula is C32H29ClFN3O5. The second-order valence-electron chi connectivity index (χ2n) is 10.9. The second kappa shape index (κ2) is 11.1. The summed E-state index contributed by atoms with van der Waals surface area (Å²) in [7, 11) is 0. The number of hydrogen-bond acceptors (Lipinski definition) is 6. The lowest BCUT2D eigenvalue weighted by atomic mass is 9.97. The van der Waals surface area contributed by atoms with Crippen molar-refractivity contribution in [2.24, 2.45) is 0 Å². The fourth-order valence-electron chi connectivity index (χ4n) is 5.82. The van der Waals surface area contributed by atoms with Gasteiger partial charge in [0.05, 0.1) is 35.8 Å². The van der Waals surface area contributed by atoms with Crippen LogP contribution in [0, 0.1) is 5.82 Å². The summed E-state index contributed by atoms with van der Waals surface area (Å²) in [5.41, 5.74) is 4.34. The Hall–Kier alpha value is -3.92. The molecule has 1 aromatic heterocycles. The van der Waals surface area contributed by atoms with Crippen molar-refractivity contribution in [2.45, 2.75) is 38.1 Å². The zero-order valence-electron chi connectivity index (χ0n) is 22.8. The minimum atomic E-state index is -0.957. The Labute approximate surface area is 246 Å². The molecule has 8 nitrogen and oxygen atoms in total. The summed E-state index contributed by atoms with van der Waals surface area (Å²) in [5.74, 6) is 0.788. The van der Waals surface area contributed by atoms with Crippen LogP contribution in [0.3, 0.4) is 0 Å². The van der Waals surface area contributed by atoms with Crippen LogP contribution in [-0.2, 0) is 17.8 Å². The zero-order valence-corrected chi connectivity index (χ0v) is 23.5. The highest BCUT2D eigenvalue weighted by atomic mass is 35.5. The molecule has 1 fully saturated rings. The van der Waals surface area contributed by atoms with E-state index in [0.29, 0.717) is 41.7 Å². The van der Waals surface area contributed by atoms with E-state index in [4.69, 9.17) is 30.8 Å². The largest absolute Gasteiger partial charge is 0.485 e. The summed E-state index contributed by atoms with van der Waals surface area (Å²) < 4.78 is 34.8. The van der Waals surface area contributed by atoms with Gasteiger partial charge in [0.2, 0.25) is 0 Å². The van der Waals surface area contributed by atoms with Gasteiger partial charge in [-0.3, -0.25) is 4.90 Å². The number of fused-ring (bicyclic) bond motifs is 2. The topological polar surface area (TPSA) is 86.0 Å². The van der Waals surface area contributed by atoms with Gasteiger partial charge in [-0.1, -0.05) is 35.9 Å². The molecule has 10 heteroatoms. The molecule has 1 N–H and O–H groups in total. The maximum Gasteiger partial charge on any atom is 0.335 e. The summed E-state index contributed by atoms with van der Waals surface area (Å²) in [5, 5.41) is 9.86. The predicted molar refractivity (Wildman–Crippen MR) is 156 cm³/mol. The number of para-hydroxylation sites is 1. The Bertz CT molecular complexity index is 1720. The van der Waals surface area contributed by atoms with Gasteiger partial charge >= 0.3 is 5.97 Å².